The highest BCUT2D eigenvalue weighted by Crippen LogP contribution is 2.33. The Balaban J connectivity index is 3.10. The Bertz CT molecular complexity index is 410. The van der Waals surface area contributed by atoms with Crippen molar-refractivity contribution in [2.24, 2.45) is 0 Å². The van der Waals surface area contributed by atoms with Crippen LogP contribution in [0.5, 0.6) is 0 Å². The number of rotatable bonds is 5. The van der Waals surface area contributed by atoms with Crippen LogP contribution in [0.4, 0.5) is 0 Å². The van der Waals surface area contributed by atoms with E-state index in [0.717, 1.165) is 12.2 Å². The molecule has 1 heterocycles. The second-order valence-corrected chi connectivity index (χ2v) is 25.6. The lowest BCUT2D eigenvalue weighted by atomic mass is 10.9. The molecule has 0 aliphatic carbocycles. The van der Waals surface area contributed by atoms with E-state index >= 15 is 0 Å². The van der Waals surface area contributed by atoms with Crippen molar-refractivity contribution < 1.29 is 16.5 Å². The Kier molecular flexibility index (Phi) is 7.28. The lowest BCUT2D eigenvalue weighted by Gasteiger charge is -2.49. The van der Waals surface area contributed by atoms with Gasteiger partial charge in [-0.15, -0.1) is 0 Å². The topological polar surface area (TPSA) is 40.2 Å². The zero-order valence-corrected chi connectivity index (χ0v) is 21.7. The molecule has 0 aromatic carbocycles. The van der Waals surface area contributed by atoms with Crippen molar-refractivity contribution in [2.45, 2.75) is 64.5 Å². The molecule has 0 aromatic heterocycles. The highest BCUT2D eigenvalue weighted by Gasteiger charge is 2.54. The number of hydrogen-bond acceptors (Lipinski definition) is 5. The summed E-state index contributed by atoms with van der Waals surface area (Å²) in [4.78, 5) is 2.17. The van der Waals surface area contributed by atoms with Crippen LogP contribution in [0.1, 0.15) is 0 Å². The average Bonchev–Trinajstić information content (AvgIpc) is 2.18. The SMILES string of the molecule is CN(C)C[Si]1(C)O[Si](C)(C)O[Si](C)(C)O[Si](C)(CC[Si](C)C)O1. The van der Waals surface area contributed by atoms with Crippen LogP contribution in [0, 0.1) is 0 Å². The zero-order valence-electron chi connectivity index (χ0n) is 16.7. The molecule has 0 spiro atoms. The second-order valence-electron chi connectivity index (χ2n) is 8.42. The summed E-state index contributed by atoms with van der Waals surface area (Å²) in [5, 5.41) is 0. The molecule has 1 saturated heterocycles. The Hall–Kier alpha value is 0.884. The highest BCUT2D eigenvalue weighted by molar-refractivity contribution is 6.93. The first-order chi connectivity index (χ1) is 10.2. The zero-order chi connectivity index (χ0) is 18.1. The maximum atomic E-state index is 6.80. The fourth-order valence-electron chi connectivity index (χ4n) is 3.39. The predicted molar refractivity (Wildman–Crippen MR) is 108 cm³/mol. The summed E-state index contributed by atoms with van der Waals surface area (Å²) in [7, 11) is -5.24. The first-order valence-corrected chi connectivity index (χ1v) is 21.8. The van der Waals surface area contributed by atoms with Gasteiger partial charge in [-0.3, -0.25) is 0 Å². The lowest BCUT2D eigenvalue weighted by Crippen LogP contribution is -2.68. The molecular weight excluding hydrogens is 375 g/mol. The van der Waals surface area contributed by atoms with E-state index in [0.29, 0.717) is 0 Å². The van der Waals surface area contributed by atoms with E-state index in [9.17, 15) is 0 Å². The van der Waals surface area contributed by atoms with Crippen molar-refractivity contribution >= 4 is 43.0 Å². The molecule has 0 amide bonds. The van der Waals surface area contributed by atoms with Gasteiger partial charge in [-0.05, 0) is 59.4 Å². The molecule has 1 aliphatic heterocycles. The van der Waals surface area contributed by atoms with Gasteiger partial charge in [0.15, 0.2) is 0 Å². The van der Waals surface area contributed by atoms with Crippen LogP contribution < -0.4 is 0 Å². The van der Waals surface area contributed by atoms with E-state index in [1.165, 1.54) is 6.04 Å². The van der Waals surface area contributed by atoms with Crippen molar-refractivity contribution in [1.82, 2.24) is 4.90 Å². The van der Waals surface area contributed by atoms with E-state index in [1.54, 1.807) is 0 Å². The molecule has 1 aliphatic rings. The quantitative estimate of drug-likeness (QED) is 0.649. The summed E-state index contributed by atoms with van der Waals surface area (Å²) < 4.78 is 26.5. The van der Waals surface area contributed by atoms with Gasteiger partial charge in [-0.2, -0.15) is 0 Å². The Morgan fingerprint density at radius 2 is 1.22 bits per heavy atom. The minimum Gasteiger partial charge on any atom is -0.416 e. The summed E-state index contributed by atoms with van der Waals surface area (Å²) in [6.07, 6.45) is 0.844. The maximum absolute atomic E-state index is 6.80. The van der Waals surface area contributed by atoms with Crippen LogP contribution in [0.15, 0.2) is 0 Å². The number of hydrogen-bond donors (Lipinski definition) is 0. The van der Waals surface area contributed by atoms with Gasteiger partial charge in [0.2, 0.25) is 0 Å². The van der Waals surface area contributed by atoms with Crippen molar-refractivity contribution in [3.63, 3.8) is 0 Å². The van der Waals surface area contributed by atoms with Crippen molar-refractivity contribution in [3.8, 4) is 0 Å². The predicted octanol–water partition coefficient (Wildman–Crippen LogP) is 3.47. The molecule has 0 aromatic rings. The first kappa shape index (κ1) is 21.9. The summed E-state index contributed by atoms with van der Waals surface area (Å²) in [6.45, 7) is 17.6. The van der Waals surface area contributed by atoms with Gasteiger partial charge in [0, 0.05) is 15.0 Å². The fourth-order valence-corrected chi connectivity index (χ4v) is 28.6. The first-order valence-electron chi connectivity index (χ1n) is 8.40. The average molecular weight is 411 g/mol. The summed E-state index contributed by atoms with van der Waals surface area (Å²) in [5.74, 6) is 0. The molecule has 2 unspecified atom stereocenters. The molecule has 10 heteroatoms. The minimum absolute atomic E-state index is 0.289. The lowest BCUT2D eigenvalue weighted by molar-refractivity contribution is 0.221. The molecule has 1 rings (SSSR count). The third kappa shape index (κ3) is 7.75. The van der Waals surface area contributed by atoms with E-state index in [-0.39, 0.29) is 8.80 Å². The van der Waals surface area contributed by atoms with Crippen LogP contribution in [-0.4, -0.2) is 68.2 Å². The molecular formula is C13H36NO4Si5. The van der Waals surface area contributed by atoms with Gasteiger partial charge in [0.1, 0.15) is 0 Å². The van der Waals surface area contributed by atoms with Gasteiger partial charge >= 0.3 is 34.2 Å². The second kappa shape index (κ2) is 7.64. The van der Waals surface area contributed by atoms with Gasteiger partial charge < -0.3 is 21.4 Å². The third-order valence-corrected chi connectivity index (χ3v) is 22.4. The monoisotopic (exact) mass is 410 g/mol. The van der Waals surface area contributed by atoms with Crippen LogP contribution in [0.2, 0.25) is 64.5 Å². The minimum atomic E-state index is -2.35. The standard InChI is InChI=1S/C13H36NO4Si5/c1-14(2)13-23(10)17-21(7,8)15-20(5,6)16-22(9,18-23)12-11-19(3)4/h11-13H2,1-10H3. The largest absolute Gasteiger partial charge is 0.416 e. The van der Waals surface area contributed by atoms with Gasteiger partial charge in [-0.1, -0.05) is 19.1 Å². The van der Waals surface area contributed by atoms with Crippen LogP contribution in [0.3, 0.4) is 0 Å². The fraction of sp³-hybridized carbons (Fsp3) is 1.00. The summed E-state index contributed by atoms with van der Waals surface area (Å²) >= 11 is 0. The van der Waals surface area contributed by atoms with Gasteiger partial charge in [0.05, 0.1) is 0 Å². The molecule has 23 heavy (non-hydrogen) atoms. The summed E-state index contributed by atoms with van der Waals surface area (Å²) in [6, 6.07) is 2.28. The molecule has 5 nitrogen and oxygen atoms in total. The number of nitrogens with zero attached hydrogens (tertiary/aromatic N) is 1. The van der Waals surface area contributed by atoms with Crippen molar-refractivity contribution in [1.29, 1.82) is 0 Å². The van der Waals surface area contributed by atoms with Gasteiger partial charge in [-0.25, -0.2) is 0 Å². The summed E-state index contributed by atoms with van der Waals surface area (Å²) in [5.41, 5.74) is 0. The molecule has 0 bridgehead atoms. The van der Waals surface area contributed by atoms with Crippen molar-refractivity contribution in [2.75, 3.05) is 20.3 Å². The molecule has 1 fully saturated rings. The Morgan fingerprint density at radius 3 is 1.65 bits per heavy atom. The van der Waals surface area contributed by atoms with E-state index in [1.807, 2.05) is 0 Å². The molecule has 1 radical (unpaired) electrons. The van der Waals surface area contributed by atoms with Crippen LogP contribution in [-0.2, 0) is 16.5 Å². The van der Waals surface area contributed by atoms with Crippen LogP contribution in [0.25, 0.3) is 0 Å². The van der Waals surface area contributed by atoms with E-state index < -0.39 is 34.2 Å². The third-order valence-electron chi connectivity index (χ3n) is 3.53. The van der Waals surface area contributed by atoms with E-state index in [4.69, 9.17) is 16.5 Å². The Morgan fingerprint density at radius 1 is 0.739 bits per heavy atom. The normalized spacial score (nSPS) is 34.4. The van der Waals surface area contributed by atoms with Crippen molar-refractivity contribution in [3.05, 3.63) is 0 Å². The molecule has 2 atom stereocenters. The maximum Gasteiger partial charge on any atom is 0.331 e. The molecule has 137 valence electrons. The van der Waals surface area contributed by atoms with E-state index in [2.05, 4.69) is 71.4 Å². The molecule has 0 saturated carbocycles. The van der Waals surface area contributed by atoms with Gasteiger partial charge in [0.25, 0.3) is 0 Å². The van der Waals surface area contributed by atoms with Crippen LogP contribution >= 0.6 is 0 Å². The highest BCUT2D eigenvalue weighted by atomic mass is 28.5. The Labute approximate surface area is 149 Å². The smallest absolute Gasteiger partial charge is 0.331 e. The molecule has 0 N–H and O–H groups in total.